The van der Waals surface area contributed by atoms with Crippen molar-refractivity contribution in [2.75, 3.05) is 33.2 Å². The van der Waals surface area contributed by atoms with Crippen molar-refractivity contribution in [1.29, 1.82) is 0 Å². The van der Waals surface area contributed by atoms with Gasteiger partial charge in [-0.15, -0.1) is 0 Å². The Kier molecular flexibility index (Phi) is 5.17. The Bertz CT molecular complexity index is 623. The molecule has 0 spiro atoms. The van der Waals surface area contributed by atoms with Crippen LogP contribution in [0.1, 0.15) is 24.8 Å². The Balaban J connectivity index is 1.57. The summed E-state index contributed by atoms with van der Waals surface area (Å²) in [6.45, 7) is 2.74. The number of rotatable bonds is 3. The number of nitrogens with zero attached hydrogens (tertiary/aromatic N) is 3. The zero-order chi connectivity index (χ0) is 18.0. The van der Waals surface area contributed by atoms with E-state index < -0.39 is 11.7 Å². The van der Waals surface area contributed by atoms with E-state index in [2.05, 4.69) is 9.88 Å². The van der Waals surface area contributed by atoms with Crippen LogP contribution in [0.2, 0.25) is 0 Å². The third kappa shape index (κ3) is 4.42. The fraction of sp³-hybridized carbons (Fsp3) is 0.647. The molecule has 1 amide bonds. The molecule has 0 bridgehead atoms. The van der Waals surface area contributed by atoms with Crippen molar-refractivity contribution in [3.8, 4) is 5.88 Å². The summed E-state index contributed by atoms with van der Waals surface area (Å²) in [4.78, 5) is 20.4. The van der Waals surface area contributed by atoms with Gasteiger partial charge in [0, 0.05) is 31.8 Å². The number of amides is 1. The van der Waals surface area contributed by atoms with Crippen LogP contribution >= 0.6 is 0 Å². The topological polar surface area (TPSA) is 45.7 Å². The smallest absolute Gasteiger partial charge is 0.416 e. The van der Waals surface area contributed by atoms with E-state index in [-0.39, 0.29) is 23.8 Å². The highest BCUT2D eigenvalue weighted by Gasteiger charge is 2.34. The molecule has 138 valence electrons. The van der Waals surface area contributed by atoms with Crippen molar-refractivity contribution < 1.29 is 22.7 Å². The lowest BCUT2D eigenvalue weighted by atomic mass is 9.97. The summed E-state index contributed by atoms with van der Waals surface area (Å²) >= 11 is 0. The van der Waals surface area contributed by atoms with Gasteiger partial charge in [0.1, 0.15) is 6.10 Å². The minimum Gasteiger partial charge on any atom is -0.472 e. The number of halogens is 3. The summed E-state index contributed by atoms with van der Waals surface area (Å²) in [5.41, 5.74) is -0.784. The van der Waals surface area contributed by atoms with Gasteiger partial charge < -0.3 is 14.5 Å². The third-order valence-corrected chi connectivity index (χ3v) is 4.78. The second kappa shape index (κ2) is 7.19. The first kappa shape index (κ1) is 18.0. The molecular weight excluding hydrogens is 335 g/mol. The van der Waals surface area contributed by atoms with Crippen LogP contribution in [0.3, 0.4) is 0 Å². The van der Waals surface area contributed by atoms with Crippen LogP contribution < -0.4 is 4.74 Å². The third-order valence-electron chi connectivity index (χ3n) is 4.78. The predicted molar refractivity (Wildman–Crippen MR) is 85.1 cm³/mol. The molecule has 5 nitrogen and oxygen atoms in total. The molecule has 2 aliphatic rings. The Morgan fingerprint density at radius 2 is 2.08 bits per heavy atom. The number of ether oxygens (including phenoxy) is 1. The largest absolute Gasteiger partial charge is 0.472 e. The van der Waals surface area contributed by atoms with Crippen LogP contribution in [0, 0.1) is 5.92 Å². The number of carbonyl (C=O) groups is 1. The van der Waals surface area contributed by atoms with E-state index in [0.29, 0.717) is 19.5 Å². The number of hydrogen-bond donors (Lipinski definition) is 0. The number of aromatic nitrogens is 1. The lowest BCUT2D eigenvalue weighted by molar-refractivity contribution is -0.138. The van der Waals surface area contributed by atoms with Crippen LogP contribution in [-0.2, 0) is 11.0 Å². The SMILES string of the molecule is CN1CCCC(C(=O)N2CCC(Oc3cc(C(F)(F)F)ccn3)C2)C1. The normalized spacial score (nSPS) is 25.2. The summed E-state index contributed by atoms with van der Waals surface area (Å²) in [5, 5.41) is 0. The number of pyridine rings is 1. The molecule has 3 rings (SSSR count). The standard InChI is InChI=1S/C17H22F3N3O2/c1-22-7-2-3-12(10-22)16(24)23-8-5-14(11-23)25-15-9-13(4-6-21-15)17(18,19)20/h4,6,9,12,14H,2-3,5,7-8,10-11H2,1H3. The molecule has 2 unspecified atom stereocenters. The van der Waals surface area contributed by atoms with Gasteiger partial charge in [0.25, 0.3) is 0 Å². The Morgan fingerprint density at radius 3 is 2.80 bits per heavy atom. The summed E-state index contributed by atoms with van der Waals surface area (Å²) in [7, 11) is 2.01. The second-order valence-electron chi connectivity index (χ2n) is 6.79. The van der Waals surface area contributed by atoms with Crippen molar-refractivity contribution in [3.63, 3.8) is 0 Å². The Labute approximate surface area is 144 Å². The maximum Gasteiger partial charge on any atom is 0.416 e. The highest BCUT2D eigenvalue weighted by molar-refractivity contribution is 5.79. The maximum atomic E-state index is 12.7. The van der Waals surface area contributed by atoms with Crippen molar-refractivity contribution >= 4 is 5.91 Å². The number of likely N-dealkylation sites (tertiary alicyclic amines) is 2. The molecule has 0 aliphatic carbocycles. The lowest BCUT2D eigenvalue weighted by Crippen LogP contribution is -2.43. The summed E-state index contributed by atoms with van der Waals surface area (Å²) in [6.07, 6.45) is -1.15. The average molecular weight is 357 g/mol. The maximum absolute atomic E-state index is 12.7. The van der Waals surface area contributed by atoms with E-state index in [0.717, 1.165) is 44.3 Å². The molecular formula is C17H22F3N3O2. The lowest BCUT2D eigenvalue weighted by Gasteiger charge is -2.31. The van der Waals surface area contributed by atoms with Crippen LogP contribution in [0.4, 0.5) is 13.2 Å². The number of piperidine rings is 1. The van der Waals surface area contributed by atoms with E-state index >= 15 is 0 Å². The quantitative estimate of drug-likeness (QED) is 0.834. The predicted octanol–water partition coefficient (Wildman–Crippen LogP) is 2.42. The molecule has 8 heteroatoms. The molecule has 0 saturated carbocycles. The van der Waals surface area contributed by atoms with E-state index in [1.54, 1.807) is 4.90 Å². The van der Waals surface area contributed by atoms with Crippen LogP contribution in [0.15, 0.2) is 18.3 Å². The second-order valence-corrected chi connectivity index (χ2v) is 6.79. The first-order valence-electron chi connectivity index (χ1n) is 8.50. The van der Waals surface area contributed by atoms with Gasteiger partial charge >= 0.3 is 6.18 Å². The molecule has 0 aromatic carbocycles. The molecule has 25 heavy (non-hydrogen) atoms. The van der Waals surface area contributed by atoms with Gasteiger partial charge in [-0.1, -0.05) is 0 Å². The van der Waals surface area contributed by atoms with Crippen LogP contribution in [-0.4, -0.2) is 60.0 Å². The fourth-order valence-electron chi connectivity index (χ4n) is 3.47. The van der Waals surface area contributed by atoms with Crippen LogP contribution in [0.25, 0.3) is 0 Å². The molecule has 2 saturated heterocycles. The molecule has 1 aromatic rings. The van der Waals surface area contributed by atoms with Crippen molar-refractivity contribution in [2.45, 2.75) is 31.5 Å². The zero-order valence-electron chi connectivity index (χ0n) is 14.1. The van der Waals surface area contributed by atoms with Crippen molar-refractivity contribution in [1.82, 2.24) is 14.8 Å². The highest BCUT2D eigenvalue weighted by atomic mass is 19.4. The van der Waals surface area contributed by atoms with Gasteiger partial charge in [0.2, 0.25) is 11.8 Å². The van der Waals surface area contributed by atoms with Crippen LogP contribution in [0.5, 0.6) is 5.88 Å². The molecule has 2 fully saturated rings. The summed E-state index contributed by atoms with van der Waals surface area (Å²) < 4.78 is 43.8. The number of carbonyl (C=O) groups excluding carboxylic acids is 1. The molecule has 1 aromatic heterocycles. The Hall–Kier alpha value is -1.83. The van der Waals surface area contributed by atoms with Gasteiger partial charge in [-0.2, -0.15) is 13.2 Å². The van der Waals surface area contributed by atoms with E-state index in [4.69, 9.17) is 4.74 Å². The minimum atomic E-state index is -4.42. The Morgan fingerprint density at radius 1 is 1.28 bits per heavy atom. The van der Waals surface area contributed by atoms with E-state index in [1.807, 2.05) is 7.05 Å². The summed E-state index contributed by atoms with van der Waals surface area (Å²) in [5.74, 6) is 0.0744. The molecule has 2 atom stereocenters. The average Bonchev–Trinajstić information content (AvgIpc) is 3.02. The molecule has 2 aliphatic heterocycles. The van der Waals surface area contributed by atoms with Gasteiger partial charge in [0.05, 0.1) is 18.0 Å². The first-order valence-corrected chi connectivity index (χ1v) is 8.50. The molecule has 0 radical (unpaired) electrons. The van der Waals surface area contributed by atoms with E-state index in [1.165, 1.54) is 0 Å². The monoisotopic (exact) mass is 357 g/mol. The van der Waals surface area contributed by atoms with Gasteiger partial charge in [-0.05, 0) is 32.5 Å². The number of alkyl halides is 3. The zero-order valence-corrected chi connectivity index (χ0v) is 14.1. The van der Waals surface area contributed by atoms with Crippen molar-refractivity contribution in [2.24, 2.45) is 5.92 Å². The van der Waals surface area contributed by atoms with Gasteiger partial charge in [-0.3, -0.25) is 4.79 Å². The molecule has 3 heterocycles. The van der Waals surface area contributed by atoms with Gasteiger partial charge in [0.15, 0.2) is 0 Å². The van der Waals surface area contributed by atoms with Gasteiger partial charge in [-0.25, -0.2) is 4.98 Å². The molecule has 0 N–H and O–H groups in total. The van der Waals surface area contributed by atoms with E-state index in [9.17, 15) is 18.0 Å². The fourth-order valence-corrected chi connectivity index (χ4v) is 3.47. The number of hydrogen-bond acceptors (Lipinski definition) is 4. The summed E-state index contributed by atoms with van der Waals surface area (Å²) in [6, 6.07) is 1.82. The van der Waals surface area contributed by atoms with Crippen molar-refractivity contribution in [3.05, 3.63) is 23.9 Å². The highest BCUT2D eigenvalue weighted by Crippen LogP contribution is 2.31. The first-order chi connectivity index (χ1) is 11.8. The minimum absolute atomic E-state index is 0.00387.